The molecular weight excluding hydrogens is 222 g/mol. The van der Waals surface area contributed by atoms with E-state index in [-0.39, 0.29) is 6.10 Å². The highest BCUT2D eigenvalue weighted by Crippen LogP contribution is 2.19. The minimum atomic E-state index is -0.187. The molecule has 0 aliphatic carbocycles. The fourth-order valence-corrected chi connectivity index (χ4v) is 2.36. The Morgan fingerprint density at radius 2 is 2.31 bits per heavy atom. The highest BCUT2D eigenvalue weighted by molar-refractivity contribution is 6.30. The second kappa shape index (κ2) is 5.17. The molecule has 1 N–H and O–H groups in total. The van der Waals surface area contributed by atoms with Crippen LogP contribution in [0.4, 0.5) is 0 Å². The van der Waals surface area contributed by atoms with Gasteiger partial charge in [0.1, 0.15) is 0 Å². The molecule has 1 aliphatic rings. The van der Waals surface area contributed by atoms with Gasteiger partial charge in [-0.25, -0.2) is 0 Å². The summed E-state index contributed by atoms with van der Waals surface area (Å²) < 4.78 is 0. The second-order valence-electron chi connectivity index (χ2n) is 4.70. The number of hydrogen-bond acceptors (Lipinski definition) is 2. The zero-order valence-electron chi connectivity index (χ0n) is 9.56. The van der Waals surface area contributed by atoms with Gasteiger partial charge >= 0.3 is 0 Å². The van der Waals surface area contributed by atoms with E-state index in [0.717, 1.165) is 31.1 Å². The zero-order chi connectivity index (χ0) is 11.5. The van der Waals surface area contributed by atoms with Gasteiger partial charge < -0.3 is 5.11 Å². The Morgan fingerprint density at radius 3 is 3.00 bits per heavy atom. The average Bonchev–Trinajstić information content (AvgIpc) is 2.24. The lowest BCUT2D eigenvalue weighted by Crippen LogP contribution is -2.42. The van der Waals surface area contributed by atoms with Gasteiger partial charge in [-0.1, -0.05) is 30.7 Å². The normalized spacial score (nSPS) is 26.9. The number of piperidine rings is 1. The monoisotopic (exact) mass is 239 g/mol. The van der Waals surface area contributed by atoms with Crippen molar-refractivity contribution >= 4 is 11.6 Å². The summed E-state index contributed by atoms with van der Waals surface area (Å²) in [6.07, 6.45) is 0.884. The molecule has 0 saturated carbocycles. The van der Waals surface area contributed by atoms with Gasteiger partial charge in [-0.05, 0) is 36.6 Å². The molecule has 1 aliphatic heterocycles. The third-order valence-corrected chi connectivity index (χ3v) is 3.53. The van der Waals surface area contributed by atoms with Crippen molar-refractivity contribution in [2.24, 2.45) is 5.92 Å². The summed E-state index contributed by atoms with van der Waals surface area (Å²) in [5, 5.41) is 10.6. The van der Waals surface area contributed by atoms with Gasteiger partial charge in [0.25, 0.3) is 0 Å². The van der Waals surface area contributed by atoms with Gasteiger partial charge in [0, 0.05) is 18.1 Å². The molecule has 2 unspecified atom stereocenters. The summed E-state index contributed by atoms with van der Waals surface area (Å²) in [7, 11) is 0. The molecule has 1 fully saturated rings. The first-order valence-corrected chi connectivity index (χ1v) is 6.18. The number of nitrogens with zero attached hydrogens (tertiary/aromatic N) is 1. The van der Waals surface area contributed by atoms with E-state index in [1.165, 1.54) is 5.56 Å². The molecule has 0 bridgehead atoms. The lowest BCUT2D eigenvalue weighted by atomic mass is 9.96. The van der Waals surface area contributed by atoms with E-state index in [4.69, 9.17) is 11.6 Å². The lowest BCUT2D eigenvalue weighted by Gasteiger charge is -2.34. The highest BCUT2D eigenvalue weighted by atomic mass is 35.5. The molecule has 3 heteroatoms. The summed E-state index contributed by atoms with van der Waals surface area (Å²) in [4.78, 5) is 2.29. The number of aliphatic hydroxyl groups is 1. The van der Waals surface area contributed by atoms with Crippen LogP contribution in [0.25, 0.3) is 0 Å². The molecule has 2 nitrogen and oxygen atoms in total. The van der Waals surface area contributed by atoms with E-state index < -0.39 is 0 Å². The summed E-state index contributed by atoms with van der Waals surface area (Å²) in [6.45, 7) is 4.82. The standard InChI is InChI=1S/C13H18ClNO/c1-10-5-6-15(9-13(10)16)8-11-3-2-4-12(14)7-11/h2-4,7,10,13,16H,5-6,8-9H2,1H3. The van der Waals surface area contributed by atoms with Crippen molar-refractivity contribution in [1.29, 1.82) is 0 Å². The minimum absolute atomic E-state index is 0.187. The molecule has 1 heterocycles. The van der Waals surface area contributed by atoms with Crippen LogP contribution in [0.15, 0.2) is 24.3 Å². The molecule has 1 aromatic carbocycles. The maximum atomic E-state index is 9.81. The number of halogens is 1. The lowest BCUT2D eigenvalue weighted by molar-refractivity contribution is 0.0259. The number of rotatable bonds is 2. The Morgan fingerprint density at radius 1 is 1.50 bits per heavy atom. The van der Waals surface area contributed by atoms with E-state index in [9.17, 15) is 5.11 Å². The van der Waals surface area contributed by atoms with Crippen molar-refractivity contribution < 1.29 is 5.11 Å². The van der Waals surface area contributed by atoms with Crippen molar-refractivity contribution in [1.82, 2.24) is 4.90 Å². The molecule has 2 atom stereocenters. The van der Waals surface area contributed by atoms with Crippen LogP contribution in [0.2, 0.25) is 5.02 Å². The predicted molar refractivity (Wildman–Crippen MR) is 66.5 cm³/mol. The molecule has 0 radical (unpaired) electrons. The van der Waals surface area contributed by atoms with Crippen molar-refractivity contribution in [3.05, 3.63) is 34.9 Å². The Bertz CT molecular complexity index is 356. The molecule has 0 aromatic heterocycles. The van der Waals surface area contributed by atoms with E-state index >= 15 is 0 Å². The smallest absolute Gasteiger partial charge is 0.0693 e. The van der Waals surface area contributed by atoms with E-state index in [1.54, 1.807) is 0 Å². The average molecular weight is 240 g/mol. The van der Waals surface area contributed by atoms with Crippen molar-refractivity contribution in [2.45, 2.75) is 26.0 Å². The fraction of sp³-hybridized carbons (Fsp3) is 0.538. The van der Waals surface area contributed by atoms with Gasteiger partial charge in [-0.3, -0.25) is 4.90 Å². The van der Waals surface area contributed by atoms with Crippen LogP contribution in [0.3, 0.4) is 0 Å². The number of β-amino-alcohol motifs (C(OH)–C–C–N with tert-alkyl or cyclic N) is 1. The Kier molecular flexibility index (Phi) is 3.85. The largest absolute Gasteiger partial charge is 0.392 e. The van der Waals surface area contributed by atoms with E-state index in [1.807, 2.05) is 18.2 Å². The first-order chi connectivity index (χ1) is 7.65. The zero-order valence-corrected chi connectivity index (χ0v) is 10.3. The first kappa shape index (κ1) is 11.9. The van der Waals surface area contributed by atoms with Gasteiger partial charge in [0.05, 0.1) is 6.10 Å². The molecule has 0 spiro atoms. The van der Waals surface area contributed by atoms with Crippen LogP contribution in [0.5, 0.6) is 0 Å². The van der Waals surface area contributed by atoms with Crippen LogP contribution in [-0.4, -0.2) is 29.2 Å². The van der Waals surface area contributed by atoms with Crippen LogP contribution in [0, 0.1) is 5.92 Å². The SMILES string of the molecule is CC1CCN(Cc2cccc(Cl)c2)CC1O. The molecular formula is C13H18ClNO. The number of hydrogen-bond donors (Lipinski definition) is 1. The minimum Gasteiger partial charge on any atom is -0.392 e. The summed E-state index contributed by atoms with van der Waals surface area (Å²) in [6, 6.07) is 7.93. The summed E-state index contributed by atoms with van der Waals surface area (Å²) >= 11 is 5.95. The van der Waals surface area contributed by atoms with E-state index in [0.29, 0.717) is 5.92 Å². The number of aliphatic hydroxyl groups excluding tert-OH is 1. The molecule has 2 rings (SSSR count). The Balaban J connectivity index is 1.95. The maximum absolute atomic E-state index is 9.81. The quantitative estimate of drug-likeness (QED) is 0.858. The molecule has 16 heavy (non-hydrogen) atoms. The van der Waals surface area contributed by atoms with Gasteiger partial charge in [-0.2, -0.15) is 0 Å². The van der Waals surface area contributed by atoms with E-state index in [2.05, 4.69) is 17.9 Å². The Hall–Kier alpha value is -0.570. The number of benzene rings is 1. The second-order valence-corrected chi connectivity index (χ2v) is 5.13. The summed E-state index contributed by atoms with van der Waals surface area (Å²) in [5.74, 6) is 0.426. The maximum Gasteiger partial charge on any atom is 0.0693 e. The number of likely N-dealkylation sites (tertiary alicyclic amines) is 1. The van der Waals surface area contributed by atoms with Gasteiger partial charge in [0.2, 0.25) is 0 Å². The third kappa shape index (κ3) is 2.97. The summed E-state index contributed by atoms with van der Waals surface area (Å²) in [5.41, 5.74) is 1.22. The Labute approximate surface area is 102 Å². The van der Waals surface area contributed by atoms with Gasteiger partial charge in [-0.15, -0.1) is 0 Å². The van der Waals surface area contributed by atoms with Crippen molar-refractivity contribution in [3.8, 4) is 0 Å². The molecule has 1 aromatic rings. The van der Waals surface area contributed by atoms with Crippen LogP contribution >= 0.6 is 11.6 Å². The predicted octanol–water partition coefficient (Wildman–Crippen LogP) is 2.54. The van der Waals surface area contributed by atoms with Crippen LogP contribution < -0.4 is 0 Å². The van der Waals surface area contributed by atoms with Crippen LogP contribution in [-0.2, 0) is 6.54 Å². The molecule has 1 saturated heterocycles. The highest BCUT2D eigenvalue weighted by Gasteiger charge is 2.23. The van der Waals surface area contributed by atoms with Crippen molar-refractivity contribution in [2.75, 3.05) is 13.1 Å². The topological polar surface area (TPSA) is 23.5 Å². The van der Waals surface area contributed by atoms with Crippen LogP contribution in [0.1, 0.15) is 18.9 Å². The molecule has 88 valence electrons. The third-order valence-electron chi connectivity index (χ3n) is 3.30. The van der Waals surface area contributed by atoms with Crippen molar-refractivity contribution in [3.63, 3.8) is 0 Å². The fourth-order valence-electron chi connectivity index (χ4n) is 2.15. The van der Waals surface area contributed by atoms with Gasteiger partial charge in [0.15, 0.2) is 0 Å². The first-order valence-electron chi connectivity index (χ1n) is 5.80. The molecule has 0 amide bonds.